The fourth-order valence-corrected chi connectivity index (χ4v) is 2.65. The SMILES string of the molecule is CN(C(=O)c1c[nH]nc1C(F)(F)F)c1cccc(F)c1-c1ccc(F)cc1. The molecule has 1 heterocycles. The molecule has 0 aliphatic heterocycles. The Kier molecular flexibility index (Phi) is 4.69. The lowest BCUT2D eigenvalue weighted by atomic mass is 10.0. The predicted octanol–water partition coefficient (Wildman–Crippen LogP) is 4.65. The number of carbonyl (C=O) groups is 1. The summed E-state index contributed by atoms with van der Waals surface area (Å²) in [5.41, 5.74) is -1.79. The predicted molar refractivity (Wildman–Crippen MR) is 88.1 cm³/mol. The first kappa shape index (κ1) is 18.6. The lowest BCUT2D eigenvalue weighted by molar-refractivity contribution is -0.141. The summed E-state index contributed by atoms with van der Waals surface area (Å²) in [6.07, 6.45) is -3.99. The zero-order valence-corrected chi connectivity index (χ0v) is 13.8. The average Bonchev–Trinajstić information content (AvgIpc) is 3.11. The van der Waals surface area contributed by atoms with E-state index in [2.05, 4.69) is 5.10 Å². The van der Waals surface area contributed by atoms with E-state index in [0.717, 1.165) is 29.3 Å². The van der Waals surface area contributed by atoms with Gasteiger partial charge in [0.15, 0.2) is 5.69 Å². The Labute approximate surface area is 150 Å². The molecule has 0 radical (unpaired) electrons. The Morgan fingerprint density at radius 3 is 2.37 bits per heavy atom. The number of nitrogens with zero attached hydrogens (tertiary/aromatic N) is 2. The van der Waals surface area contributed by atoms with E-state index in [1.807, 2.05) is 5.10 Å². The van der Waals surface area contributed by atoms with Crippen LogP contribution in [0.4, 0.5) is 27.6 Å². The van der Waals surface area contributed by atoms with Crippen molar-refractivity contribution in [1.29, 1.82) is 0 Å². The van der Waals surface area contributed by atoms with Crippen LogP contribution in [0.15, 0.2) is 48.7 Å². The van der Waals surface area contributed by atoms with Gasteiger partial charge in [-0.25, -0.2) is 8.78 Å². The number of hydrogen-bond acceptors (Lipinski definition) is 2. The van der Waals surface area contributed by atoms with Crippen LogP contribution in [0.5, 0.6) is 0 Å². The number of benzene rings is 2. The van der Waals surface area contributed by atoms with Gasteiger partial charge in [-0.15, -0.1) is 0 Å². The fourth-order valence-electron chi connectivity index (χ4n) is 2.65. The lowest BCUT2D eigenvalue weighted by Gasteiger charge is -2.21. The molecule has 0 bridgehead atoms. The summed E-state index contributed by atoms with van der Waals surface area (Å²) in [5, 5.41) is 5.10. The zero-order valence-electron chi connectivity index (χ0n) is 13.8. The molecule has 0 aliphatic rings. The first-order valence-corrected chi connectivity index (χ1v) is 7.63. The molecular formula is C18H12F5N3O. The summed E-state index contributed by atoms with van der Waals surface area (Å²) >= 11 is 0. The first-order valence-electron chi connectivity index (χ1n) is 7.63. The zero-order chi connectivity index (χ0) is 19.8. The van der Waals surface area contributed by atoms with Crippen molar-refractivity contribution in [1.82, 2.24) is 10.2 Å². The Morgan fingerprint density at radius 1 is 1.07 bits per heavy atom. The molecule has 0 spiro atoms. The maximum absolute atomic E-state index is 14.4. The highest BCUT2D eigenvalue weighted by Crippen LogP contribution is 2.35. The Bertz CT molecular complexity index is 979. The number of aromatic nitrogens is 2. The van der Waals surface area contributed by atoms with Gasteiger partial charge in [0, 0.05) is 18.8 Å². The monoisotopic (exact) mass is 381 g/mol. The molecule has 0 saturated heterocycles. The molecule has 1 aromatic heterocycles. The second-order valence-electron chi connectivity index (χ2n) is 5.65. The van der Waals surface area contributed by atoms with E-state index in [1.54, 1.807) is 0 Å². The topological polar surface area (TPSA) is 49.0 Å². The molecule has 0 atom stereocenters. The van der Waals surface area contributed by atoms with Crippen molar-refractivity contribution in [3.8, 4) is 11.1 Å². The average molecular weight is 381 g/mol. The maximum Gasteiger partial charge on any atom is 0.435 e. The van der Waals surface area contributed by atoms with Crippen LogP contribution in [-0.4, -0.2) is 23.2 Å². The number of amides is 1. The van der Waals surface area contributed by atoms with Crippen LogP contribution in [0, 0.1) is 11.6 Å². The number of alkyl halides is 3. The molecule has 0 fully saturated rings. The van der Waals surface area contributed by atoms with E-state index in [1.165, 1.54) is 31.3 Å². The van der Waals surface area contributed by atoms with Gasteiger partial charge in [-0.3, -0.25) is 9.89 Å². The van der Waals surface area contributed by atoms with Crippen LogP contribution in [0.1, 0.15) is 16.1 Å². The summed E-state index contributed by atoms with van der Waals surface area (Å²) in [5.74, 6) is -2.26. The van der Waals surface area contributed by atoms with Crippen LogP contribution in [-0.2, 0) is 6.18 Å². The summed E-state index contributed by atoms with van der Waals surface area (Å²) in [4.78, 5) is 13.5. The largest absolute Gasteiger partial charge is 0.435 e. The van der Waals surface area contributed by atoms with Crippen molar-refractivity contribution in [2.24, 2.45) is 0 Å². The number of anilines is 1. The van der Waals surface area contributed by atoms with Gasteiger partial charge in [0.2, 0.25) is 0 Å². The highest BCUT2D eigenvalue weighted by molar-refractivity contribution is 6.08. The van der Waals surface area contributed by atoms with Gasteiger partial charge < -0.3 is 4.90 Å². The quantitative estimate of drug-likeness (QED) is 0.672. The van der Waals surface area contributed by atoms with Crippen molar-refractivity contribution < 1.29 is 26.7 Å². The Morgan fingerprint density at radius 2 is 1.74 bits per heavy atom. The molecular weight excluding hydrogens is 369 g/mol. The van der Waals surface area contributed by atoms with E-state index in [9.17, 15) is 26.7 Å². The highest BCUT2D eigenvalue weighted by atomic mass is 19.4. The van der Waals surface area contributed by atoms with Gasteiger partial charge in [0.05, 0.1) is 11.3 Å². The number of aromatic amines is 1. The Hall–Kier alpha value is -3.23. The molecule has 0 unspecified atom stereocenters. The molecule has 140 valence electrons. The van der Waals surface area contributed by atoms with Crippen LogP contribution in [0.2, 0.25) is 0 Å². The van der Waals surface area contributed by atoms with Gasteiger partial charge >= 0.3 is 6.18 Å². The second-order valence-corrected chi connectivity index (χ2v) is 5.65. The second kappa shape index (κ2) is 6.82. The van der Waals surface area contributed by atoms with E-state index < -0.39 is 35.0 Å². The smallest absolute Gasteiger partial charge is 0.311 e. The molecule has 9 heteroatoms. The molecule has 4 nitrogen and oxygen atoms in total. The minimum Gasteiger partial charge on any atom is -0.311 e. The van der Waals surface area contributed by atoms with Crippen LogP contribution in [0.3, 0.4) is 0 Å². The Balaban J connectivity index is 2.07. The van der Waals surface area contributed by atoms with Crippen LogP contribution in [0.25, 0.3) is 11.1 Å². The standard InChI is InChI=1S/C18H12F5N3O/c1-26(17(27)12-9-24-25-16(12)18(21,22)23)14-4-2-3-13(20)15(14)10-5-7-11(19)8-6-10/h2-9H,1H3,(H,24,25). The summed E-state index contributed by atoms with van der Waals surface area (Å²) < 4.78 is 66.6. The fraction of sp³-hybridized carbons (Fsp3) is 0.111. The molecule has 1 amide bonds. The van der Waals surface area contributed by atoms with E-state index in [0.29, 0.717) is 0 Å². The molecule has 1 N–H and O–H groups in total. The molecule has 27 heavy (non-hydrogen) atoms. The number of H-pyrrole nitrogens is 1. The van der Waals surface area contributed by atoms with Gasteiger partial charge in [-0.05, 0) is 29.8 Å². The first-order chi connectivity index (χ1) is 12.7. The lowest BCUT2D eigenvalue weighted by Crippen LogP contribution is -2.28. The van der Waals surface area contributed by atoms with Crippen molar-refractivity contribution in [2.45, 2.75) is 6.18 Å². The third kappa shape index (κ3) is 3.53. The number of hydrogen-bond donors (Lipinski definition) is 1. The number of rotatable bonds is 3. The summed E-state index contributed by atoms with van der Waals surface area (Å²) in [6, 6.07) is 8.70. The van der Waals surface area contributed by atoms with Gasteiger partial charge in [0.1, 0.15) is 11.6 Å². The summed E-state index contributed by atoms with van der Waals surface area (Å²) in [7, 11) is 1.22. The molecule has 2 aromatic carbocycles. The van der Waals surface area contributed by atoms with Gasteiger partial charge in [-0.2, -0.15) is 18.3 Å². The van der Waals surface area contributed by atoms with Crippen molar-refractivity contribution in [3.05, 3.63) is 71.6 Å². The summed E-state index contributed by atoms with van der Waals surface area (Å²) in [6.45, 7) is 0. The third-order valence-electron chi connectivity index (χ3n) is 3.93. The van der Waals surface area contributed by atoms with Crippen LogP contribution < -0.4 is 4.90 Å². The number of halogens is 5. The van der Waals surface area contributed by atoms with E-state index in [-0.39, 0.29) is 16.8 Å². The van der Waals surface area contributed by atoms with Crippen molar-refractivity contribution in [3.63, 3.8) is 0 Å². The highest BCUT2D eigenvalue weighted by Gasteiger charge is 2.39. The maximum atomic E-state index is 14.4. The van der Waals surface area contributed by atoms with Crippen molar-refractivity contribution in [2.75, 3.05) is 11.9 Å². The minimum absolute atomic E-state index is 0.0286. The van der Waals surface area contributed by atoms with Crippen molar-refractivity contribution >= 4 is 11.6 Å². The van der Waals surface area contributed by atoms with Gasteiger partial charge in [-0.1, -0.05) is 18.2 Å². The molecule has 0 aliphatic carbocycles. The van der Waals surface area contributed by atoms with E-state index >= 15 is 0 Å². The number of carbonyl (C=O) groups excluding carboxylic acids is 1. The minimum atomic E-state index is -4.83. The van der Waals surface area contributed by atoms with Gasteiger partial charge in [0.25, 0.3) is 5.91 Å². The molecule has 3 aromatic rings. The van der Waals surface area contributed by atoms with E-state index in [4.69, 9.17) is 0 Å². The third-order valence-corrected chi connectivity index (χ3v) is 3.93. The molecule has 3 rings (SSSR count). The molecule has 0 saturated carbocycles. The number of nitrogens with one attached hydrogen (secondary N) is 1. The van der Waals surface area contributed by atoms with Crippen LogP contribution >= 0.6 is 0 Å². The normalized spacial score (nSPS) is 11.5.